The lowest BCUT2D eigenvalue weighted by atomic mass is 10.2. The lowest BCUT2D eigenvalue weighted by molar-refractivity contribution is 0.554. The first-order chi connectivity index (χ1) is 14.3. The van der Waals surface area contributed by atoms with Gasteiger partial charge in [0, 0.05) is 31.2 Å². The molecule has 29 heavy (non-hydrogen) atoms. The average Bonchev–Trinajstić information content (AvgIpc) is 3.41. The van der Waals surface area contributed by atoms with Crippen LogP contribution in [0.2, 0.25) is 0 Å². The van der Waals surface area contributed by atoms with Gasteiger partial charge in [0.25, 0.3) is 5.56 Å². The second-order valence-electron chi connectivity index (χ2n) is 7.12. The van der Waals surface area contributed by atoms with Crippen molar-refractivity contribution in [2.24, 2.45) is 0 Å². The summed E-state index contributed by atoms with van der Waals surface area (Å²) in [6.45, 7) is 3.75. The second kappa shape index (κ2) is 9.26. The van der Waals surface area contributed by atoms with Crippen LogP contribution in [0.15, 0.2) is 52.7 Å². The van der Waals surface area contributed by atoms with Gasteiger partial charge in [-0.25, -0.2) is 0 Å². The molecule has 4 aromatic rings. The number of nitrogens with zero attached hydrogens (tertiary/aromatic N) is 6. The fourth-order valence-corrected chi connectivity index (χ4v) is 4.43. The van der Waals surface area contributed by atoms with Gasteiger partial charge in [-0.2, -0.15) is 5.10 Å². The van der Waals surface area contributed by atoms with E-state index in [0.717, 1.165) is 60.5 Å². The molecule has 152 valence electrons. The number of hydrogen-bond donors (Lipinski definition) is 0. The van der Waals surface area contributed by atoms with E-state index >= 15 is 0 Å². The predicted molar refractivity (Wildman–Crippen MR) is 116 cm³/mol. The summed E-state index contributed by atoms with van der Waals surface area (Å²) in [5, 5.41) is 14.6. The van der Waals surface area contributed by atoms with Crippen LogP contribution in [0.3, 0.4) is 0 Å². The summed E-state index contributed by atoms with van der Waals surface area (Å²) >= 11 is 1.71. The molecule has 0 radical (unpaired) electrons. The van der Waals surface area contributed by atoms with Gasteiger partial charge in [0.1, 0.15) is 0 Å². The van der Waals surface area contributed by atoms with Crippen LogP contribution in [0.25, 0.3) is 16.7 Å². The van der Waals surface area contributed by atoms with Gasteiger partial charge in [-0.15, -0.1) is 10.2 Å². The van der Waals surface area contributed by atoms with Gasteiger partial charge in [-0.1, -0.05) is 43.7 Å². The first-order valence-corrected chi connectivity index (χ1v) is 11.2. The molecule has 0 bridgehead atoms. The summed E-state index contributed by atoms with van der Waals surface area (Å²) in [6.07, 6.45) is 9.15. The zero-order valence-corrected chi connectivity index (χ0v) is 17.5. The van der Waals surface area contributed by atoms with E-state index < -0.39 is 0 Å². The van der Waals surface area contributed by atoms with E-state index in [1.54, 1.807) is 16.3 Å². The molecule has 3 heterocycles. The minimum absolute atomic E-state index is 0.0177. The van der Waals surface area contributed by atoms with Crippen molar-refractivity contribution in [3.05, 3.63) is 53.1 Å². The van der Waals surface area contributed by atoms with E-state index in [0.29, 0.717) is 12.3 Å². The Hall–Kier alpha value is -2.61. The predicted octanol–water partition coefficient (Wildman–Crippen LogP) is 4.00. The molecule has 7 nitrogen and oxygen atoms in total. The molecule has 0 aliphatic carbocycles. The van der Waals surface area contributed by atoms with Gasteiger partial charge in [-0.3, -0.25) is 18.4 Å². The lowest BCUT2D eigenvalue weighted by Crippen LogP contribution is -2.23. The largest absolute Gasteiger partial charge is 0.276 e. The van der Waals surface area contributed by atoms with E-state index in [2.05, 4.69) is 22.2 Å². The number of rotatable bonds is 10. The molecular formula is C21H26N6OS. The molecule has 0 amide bonds. The second-order valence-corrected chi connectivity index (χ2v) is 8.19. The van der Waals surface area contributed by atoms with Crippen molar-refractivity contribution in [1.29, 1.82) is 0 Å². The third-order valence-corrected chi connectivity index (χ3v) is 6.05. The summed E-state index contributed by atoms with van der Waals surface area (Å²) in [5.41, 5.74) is 0.899. The van der Waals surface area contributed by atoms with Crippen LogP contribution in [-0.2, 0) is 13.1 Å². The van der Waals surface area contributed by atoms with Crippen molar-refractivity contribution in [2.75, 3.05) is 5.75 Å². The summed E-state index contributed by atoms with van der Waals surface area (Å²) in [4.78, 5) is 13.0. The maximum absolute atomic E-state index is 13.0. The lowest BCUT2D eigenvalue weighted by Gasteiger charge is -2.10. The van der Waals surface area contributed by atoms with Crippen molar-refractivity contribution < 1.29 is 0 Å². The number of aryl methyl sites for hydroxylation is 2. The molecule has 0 saturated carbocycles. The smallest absolute Gasteiger partial charge is 0.262 e. The maximum atomic E-state index is 13.0. The van der Waals surface area contributed by atoms with E-state index in [-0.39, 0.29) is 5.56 Å². The van der Waals surface area contributed by atoms with Gasteiger partial charge in [0.05, 0.1) is 10.9 Å². The summed E-state index contributed by atoms with van der Waals surface area (Å²) < 4.78 is 5.79. The molecule has 8 heteroatoms. The van der Waals surface area contributed by atoms with Crippen molar-refractivity contribution >= 4 is 28.4 Å². The van der Waals surface area contributed by atoms with Crippen LogP contribution in [-0.4, -0.2) is 34.7 Å². The van der Waals surface area contributed by atoms with E-state index in [1.165, 1.54) is 0 Å². The van der Waals surface area contributed by atoms with E-state index in [4.69, 9.17) is 0 Å². The van der Waals surface area contributed by atoms with Crippen LogP contribution in [0.5, 0.6) is 0 Å². The van der Waals surface area contributed by atoms with Crippen LogP contribution < -0.4 is 5.56 Å². The Labute approximate surface area is 173 Å². The topological polar surface area (TPSA) is 70.0 Å². The quantitative estimate of drug-likeness (QED) is 0.292. The number of aromatic nitrogens is 6. The van der Waals surface area contributed by atoms with Crippen molar-refractivity contribution in [2.45, 2.75) is 57.3 Å². The van der Waals surface area contributed by atoms with Crippen molar-refractivity contribution in [3.8, 4) is 0 Å². The normalized spacial score (nSPS) is 11.6. The molecule has 0 fully saturated rings. The minimum Gasteiger partial charge on any atom is -0.276 e. The molecule has 0 unspecified atom stereocenters. The van der Waals surface area contributed by atoms with Gasteiger partial charge in [0.15, 0.2) is 5.16 Å². The van der Waals surface area contributed by atoms with E-state index in [9.17, 15) is 4.79 Å². The molecule has 0 saturated heterocycles. The number of benzene rings is 1. The highest BCUT2D eigenvalue weighted by atomic mass is 32.2. The third-order valence-electron chi connectivity index (χ3n) is 5.04. The SMILES string of the molecule is CCCCn1c(=O)c2ccccc2n2c(SCCCCCn3cccn3)nnc12. The first kappa shape index (κ1) is 19.7. The van der Waals surface area contributed by atoms with Gasteiger partial charge in [-0.05, 0) is 37.5 Å². The zero-order chi connectivity index (χ0) is 20.1. The number of para-hydroxylation sites is 1. The molecule has 0 spiro atoms. The maximum Gasteiger partial charge on any atom is 0.262 e. The first-order valence-electron chi connectivity index (χ1n) is 10.3. The summed E-state index contributed by atoms with van der Waals surface area (Å²) in [5.74, 6) is 1.62. The fraction of sp³-hybridized carbons (Fsp3) is 0.429. The molecule has 1 aromatic carbocycles. The highest BCUT2D eigenvalue weighted by Gasteiger charge is 2.16. The third kappa shape index (κ3) is 4.22. The highest BCUT2D eigenvalue weighted by molar-refractivity contribution is 7.99. The highest BCUT2D eigenvalue weighted by Crippen LogP contribution is 2.22. The molecule has 0 aliphatic rings. The Morgan fingerprint density at radius 3 is 2.72 bits per heavy atom. The molecule has 3 aromatic heterocycles. The molecule has 4 rings (SSSR count). The summed E-state index contributed by atoms with van der Waals surface area (Å²) in [7, 11) is 0. The zero-order valence-electron chi connectivity index (χ0n) is 16.7. The van der Waals surface area contributed by atoms with Crippen molar-refractivity contribution in [1.82, 2.24) is 28.9 Å². The molecule has 0 aliphatic heterocycles. The van der Waals surface area contributed by atoms with Crippen LogP contribution in [0.1, 0.15) is 39.0 Å². The van der Waals surface area contributed by atoms with Crippen molar-refractivity contribution in [3.63, 3.8) is 0 Å². The average molecular weight is 411 g/mol. The number of thioether (sulfide) groups is 1. The van der Waals surface area contributed by atoms with Crippen LogP contribution in [0, 0.1) is 0 Å². The summed E-state index contributed by atoms with van der Waals surface area (Å²) in [6, 6.07) is 9.70. The Bertz CT molecular complexity index is 1130. The number of unbranched alkanes of at least 4 members (excludes halogenated alkanes) is 3. The standard InChI is InChI=1S/C21H26N6OS/c1-2-3-15-26-19(28)17-10-5-6-11-18(17)27-20(26)23-24-21(27)29-16-8-4-7-13-25-14-9-12-22-25/h5-6,9-12,14H,2-4,7-8,13,15-16H2,1H3. The van der Waals surface area contributed by atoms with Gasteiger partial charge in [0.2, 0.25) is 5.78 Å². The Morgan fingerprint density at radius 2 is 1.90 bits per heavy atom. The van der Waals surface area contributed by atoms with Crippen LogP contribution in [0.4, 0.5) is 0 Å². The monoisotopic (exact) mass is 410 g/mol. The molecular weight excluding hydrogens is 384 g/mol. The molecule has 0 N–H and O–H groups in total. The Kier molecular flexibility index (Phi) is 6.29. The molecule has 0 atom stereocenters. The Morgan fingerprint density at radius 1 is 1.00 bits per heavy atom. The van der Waals surface area contributed by atoms with Gasteiger partial charge < -0.3 is 0 Å². The fourth-order valence-electron chi connectivity index (χ4n) is 3.49. The minimum atomic E-state index is 0.0177. The number of hydrogen-bond acceptors (Lipinski definition) is 5. The van der Waals surface area contributed by atoms with Crippen LogP contribution >= 0.6 is 11.8 Å². The number of fused-ring (bicyclic) bond motifs is 3. The van der Waals surface area contributed by atoms with Gasteiger partial charge >= 0.3 is 0 Å². The van der Waals surface area contributed by atoms with E-state index in [1.807, 2.05) is 51.8 Å². The Balaban J connectivity index is 1.51.